The van der Waals surface area contributed by atoms with Gasteiger partial charge in [0, 0.05) is 40.4 Å². The number of amides is 1. The Balaban J connectivity index is 1.40. The average Bonchev–Trinajstić information content (AvgIpc) is 3.64. The van der Waals surface area contributed by atoms with E-state index >= 15 is 0 Å². The van der Waals surface area contributed by atoms with Crippen molar-refractivity contribution in [3.05, 3.63) is 89.1 Å². The molecule has 8 heteroatoms. The zero-order valence-corrected chi connectivity index (χ0v) is 20.0. The van der Waals surface area contributed by atoms with Gasteiger partial charge < -0.3 is 20.3 Å². The standard InChI is InChI=1S/C29H25N3O5/c30-15-18-4-6-20(2-1-3-27(34)35)25(12-18)32-28(36)23-14-29(23)10-11-37-26-9-7-21(13-22(26)29)24-8-5-19(17-33)16-31-24/h1,3-9,12-13,16,23,33H,2,10-11,14,17H2,(H,32,36)(H,34,35)/t23-,29-/m0/s1. The SMILES string of the molecule is N#Cc1ccc(CC=CC(=O)O)c(NC(=O)[C@@H]2C[C@]23CCOc2ccc(-c4ccc(CO)cn4)cc23)c1. The lowest BCUT2D eigenvalue weighted by molar-refractivity contribution is -0.131. The largest absolute Gasteiger partial charge is 0.493 e. The number of nitriles is 1. The van der Waals surface area contributed by atoms with Gasteiger partial charge in [-0.15, -0.1) is 0 Å². The van der Waals surface area contributed by atoms with Crippen LogP contribution in [0.4, 0.5) is 5.69 Å². The summed E-state index contributed by atoms with van der Waals surface area (Å²) >= 11 is 0. The van der Waals surface area contributed by atoms with Gasteiger partial charge in [-0.25, -0.2) is 4.79 Å². The predicted molar refractivity (Wildman–Crippen MR) is 136 cm³/mol. The van der Waals surface area contributed by atoms with E-state index in [4.69, 9.17) is 9.84 Å². The first-order valence-corrected chi connectivity index (χ1v) is 12.0. The number of hydrogen-bond donors (Lipinski definition) is 3. The summed E-state index contributed by atoms with van der Waals surface area (Å²) < 4.78 is 5.91. The molecule has 0 saturated heterocycles. The average molecular weight is 496 g/mol. The van der Waals surface area contributed by atoms with Crippen molar-refractivity contribution in [2.45, 2.75) is 31.3 Å². The van der Waals surface area contributed by atoms with Crippen molar-refractivity contribution < 1.29 is 24.5 Å². The number of benzene rings is 2. The molecule has 3 aromatic rings. The second-order valence-electron chi connectivity index (χ2n) is 9.35. The van der Waals surface area contributed by atoms with E-state index in [-0.39, 0.29) is 23.8 Å². The van der Waals surface area contributed by atoms with Crippen molar-refractivity contribution in [1.82, 2.24) is 4.98 Å². The van der Waals surface area contributed by atoms with Crippen LogP contribution in [0.25, 0.3) is 11.3 Å². The maximum absolute atomic E-state index is 13.4. The summed E-state index contributed by atoms with van der Waals surface area (Å²) in [5, 5.41) is 30.5. The maximum atomic E-state index is 13.4. The van der Waals surface area contributed by atoms with Gasteiger partial charge in [-0.05, 0) is 66.8 Å². The van der Waals surface area contributed by atoms with Crippen molar-refractivity contribution in [2.75, 3.05) is 11.9 Å². The van der Waals surface area contributed by atoms with E-state index in [9.17, 15) is 20.0 Å². The number of aliphatic carboxylic acids is 1. The molecular weight excluding hydrogens is 470 g/mol. The summed E-state index contributed by atoms with van der Waals surface area (Å²) in [4.78, 5) is 28.7. The number of rotatable bonds is 7. The number of fused-ring (bicyclic) bond motifs is 2. The lowest BCUT2D eigenvalue weighted by atomic mass is 9.86. The van der Waals surface area contributed by atoms with E-state index in [0.717, 1.165) is 39.8 Å². The van der Waals surface area contributed by atoms with E-state index in [1.54, 1.807) is 24.4 Å². The van der Waals surface area contributed by atoms with E-state index in [0.29, 0.717) is 37.1 Å². The monoisotopic (exact) mass is 495 g/mol. The Morgan fingerprint density at radius 2 is 2.08 bits per heavy atom. The number of aromatic nitrogens is 1. The van der Waals surface area contributed by atoms with E-state index in [2.05, 4.69) is 16.4 Å². The third kappa shape index (κ3) is 4.82. The lowest BCUT2D eigenvalue weighted by Crippen LogP contribution is -2.27. The number of allylic oxidation sites excluding steroid dienone is 1. The number of pyridine rings is 1. The van der Waals surface area contributed by atoms with Gasteiger partial charge in [-0.2, -0.15) is 5.26 Å². The number of hydrogen-bond acceptors (Lipinski definition) is 6. The van der Waals surface area contributed by atoms with Crippen molar-refractivity contribution in [3.63, 3.8) is 0 Å². The lowest BCUT2D eigenvalue weighted by Gasteiger charge is -2.27. The first-order valence-electron chi connectivity index (χ1n) is 12.0. The molecular formula is C29H25N3O5. The molecule has 1 aromatic heterocycles. The Labute approximate surface area is 213 Å². The van der Waals surface area contributed by atoms with Gasteiger partial charge >= 0.3 is 5.97 Å². The molecule has 186 valence electrons. The first kappa shape index (κ1) is 24.2. The van der Waals surface area contributed by atoms with Crippen LogP contribution in [-0.4, -0.2) is 33.7 Å². The number of aliphatic hydroxyl groups is 1. The number of carbonyl (C=O) groups excluding carboxylic acids is 1. The van der Waals surface area contributed by atoms with E-state index < -0.39 is 5.97 Å². The first-order chi connectivity index (χ1) is 17.9. The second-order valence-corrected chi connectivity index (χ2v) is 9.35. The predicted octanol–water partition coefficient (Wildman–Crippen LogP) is 3.97. The molecule has 1 saturated carbocycles. The Morgan fingerprint density at radius 1 is 1.22 bits per heavy atom. The molecule has 0 unspecified atom stereocenters. The van der Waals surface area contributed by atoms with Gasteiger partial charge in [0.25, 0.3) is 0 Å². The summed E-state index contributed by atoms with van der Waals surface area (Å²) in [6.45, 7) is 0.453. The maximum Gasteiger partial charge on any atom is 0.327 e. The molecule has 2 atom stereocenters. The molecule has 0 radical (unpaired) electrons. The minimum atomic E-state index is -1.05. The molecule has 8 nitrogen and oxygen atoms in total. The van der Waals surface area contributed by atoms with Gasteiger partial charge in [-0.3, -0.25) is 9.78 Å². The van der Waals surface area contributed by atoms with Crippen LogP contribution in [0.15, 0.2) is 66.9 Å². The van der Waals surface area contributed by atoms with Gasteiger partial charge in [0.15, 0.2) is 0 Å². The molecule has 1 spiro atoms. The summed E-state index contributed by atoms with van der Waals surface area (Å²) in [7, 11) is 0. The van der Waals surface area contributed by atoms with E-state index in [1.165, 1.54) is 6.08 Å². The number of carboxylic acids is 1. The Kier molecular flexibility index (Phi) is 6.47. The minimum absolute atomic E-state index is 0.0694. The molecule has 0 bridgehead atoms. The molecule has 2 aliphatic rings. The summed E-state index contributed by atoms with van der Waals surface area (Å²) in [5.74, 6) is -0.676. The van der Waals surface area contributed by atoms with Crippen LogP contribution in [-0.2, 0) is 28.0 Å². The van der Waals surface area contributed by atoms with Gasteiger partial charge in [-0.1, -0.05) is 18.2 Å². The van der Waals surface area contributed by atoms with Crippen molar-refractivity contribution in [1.29, 1.82) is 5.26 Å². The van der Waals surface area contributed by atoms with Crippen molar-refractivity contribution in [2.24, 2.45) is 5.92 Å². The minimum Gasteiger partial charge on any atom is -0.493 e. The summed E-state index contributed by atoms with van der Waals surface area (Å²) in [5.41, 5.74) is 4.71. The van der Waals surface area contributed by atoms with Crippen LogP contribution in [0.2, 0.25) is 0 Å². The number of aliphatic hydroxyl groups excluding tert-OH is 1. The van der Waals surface area contributed by atoms with Crippen LogP contribution in [0, 0.1) is 17.2 Å². The number of nitrogens with one attached hydrogen (secondary N) is 1. The molecule has 5 rings (SSSR count). The number of nitrogens with zero attached hydrogens (tertiary/aromatic N) is 2. The van der Waals surface area contributed by atoms with E-state index in [1.807, 2.05) is 30.3 Å². The van der Waals surface area contributed by atoms with Crippen LogP contribution in [0.5, 0.6) is 5.75 Å². The zero-order valence-electron chi connectivity index (χ0n) is 20.0. The fraction of sp³-hybridized carbons (Fsp3) is 0.241. The molecule has 1 aliphatic carbocycles. The molecule has 2 heterocycles. The molecule has 1 fully saturated rings. The molecule has 1 aliphatic heterocycles. The van der Waals surface area contributed by atoms with Crippen molar-refractivity contribution >= 4 is 17.6 Å². The van der Waals surface area contributed by atoms with Crippen LogP contribution in [0.3, 0.4) is 0 Å². The number of carboxylic acid groups (broad SMARTS) is 1. The van der Waals surface area contributed by atoms with Gasteiger partial charge in [0.2, 0.25) is 5.91 Å². The quantitative estimate of drug-likeness (QED) is 0.422. The van der Waals surface area contributed by atoms with Crippen molar-refractivity contribution in [3.8, 4) is 23.1 Å². The number of anilines is 1. The topological polar surface area (TPSA) is 133 Å². The molecule has 2 aromatic carbocycles. The fourth-order valence-electron chi connectivity index (χ4n) is 5.04. The number of carbonyl (C=O) groups is 2. The third-order valence-corrected chi connectivity index (χ3v) is 7.11. The van der Waals surface area contributed by atoms with Gasteiger partial charge in [0.05, 0.1) is 30.5 Å². The van der Waals surface area contributed by atoms with Crippen LogP contribution < -0.4 is 10.1 Å². The number of ether oxygens (including phenoxy) is 1. The normalized spacial score (nSPS) is 19.6. The van der Waals surface area contributed by atoms with Crippen LogP contribution >= 0.6 is 0 Å². The highest BCUT2D eigenvalue weighted by Crippen LogP contribution is 2.61. The Hall–Kier alpha value is -4.48. The highest BCUT2D eigenvalue weighted by atomic mass is 16.5. The summed E-state index contributed by atoms with van der Waals surface area (Å²) in [6, 6.07) is 16.7. The second kappa shape index (κ2) is 9.88. The summed E-state index contributed by atoms with van der Waals surface area (Å²) in [6.07, 6.45) is 5.92. The molecule has 1 amide bonds. The smallest absolute Gasteiger partial charge is 0.327 e. The molecule has 3 N–H and O–H groups in total. The van der Waals surface area contributed by atoms with Gasteiger partial charge in [0.1, 0.15) is 5.75 Å². The highest BCUT2D eigenvalue weighted by Gasteiger charge is 2.61. The fourth-order valence-corrected chi connectivity index (χ4v) is 5.04. The third-order valence-electron chi connectivity index (χ3n) is 7.11. The Morgan fingerprint density at radius 3 is 2.81 bits per heavy atom. The highest BCUT2D eigenvalue weighted by molar-refractivity contribution is 5.97. The zero-order chi connectivity index (χ0) is 26.0. The Bertz CT molecular complexity index is 1440. The molecule has 37 heavy (non-hydrogen) atoms. The van der Waals surface area contributed by atoms with Crippen LogP contribution in [0.1, 0.15) is 35.1 Å².